The lowest BCUT2D eigenvalue weighted by molar-refractivity contribution is 0.315. The summed E-state index contributed by atoms with van der Waals surface area (Å²) in [6.45, 7) is 1.03. The molecule has 1 saturated carbocycles. The van der Waals surface area contributed by atoms with Crippen molar-refractivity contribution < 1.29 is 4.39 Å². The first-order valence-corrected chi connectivity index (χ1v) is 7.55. The molecule has 0 saturated heterocycles. The van der Waals surface area contributed by atoms with E-state index in [1.165, 1.54) is 25.3 Å². The van der Waals surface area contributed by atoms with Crippen LogP contribution in [-0.4, -0.2) is 22.3 Å². The Hall–Kier alpha value is -2.37. The fourth-order valence-electron chi connectivity index (χ4n) is 2.50. The zero-order valence-corrected chi connectivity index (χ0v) is 12.4. The van der Waals surface area contributed by atoms with E-state index in [0.29, 0.717) is 23.1 Å². The van der Waals surface area contributed by atoms with E-state index in [9.17, 15) is 4.39 Å². The third kappa shape index (κ3) is 3.27. The minimum Gasteiger partial charge on any atom is -0.370 e. The standard InChI is InChI=1S/C16H20FN5/c17-14-6-2-7-15(22-9-3-8-21-22)13(14)11-20-16(18)19-10-12-4-1-5-12/h2-3,6-9,12H,1,4-5,10-11H2,(H3,18,19,20). The maximum absolute atomic E-state index is 14.1. The highest BCUT2D eigenvalue weighted by Gasteiger charge is 2.17. The van der Waals surface area contributed by atoms with Crippen LogP contribution in [0.2, 0.25) is 0 Å². The van der Waals surface area contributed by atoms with Crippen LogP contribution in [0.4, 0.5) is 4.39 Å². The summed E-state index contributed by atoms with van der Waals surface area (Å²) >= 11 is 0. The van der Waals surface area contributed by atoms with Crippen LogP contribution in [0.15, 0.2) is 41.7 Å². The molecule has 1 heterocycles. The van der Waals surface area contributed by atoms with Gasteiger partial charge in [-0.2, -0.15) is 5.10 Å². The number of rotatable bonds is 5. The van der Waals surface area contributed by atoms with Gasteiger partial charge in [0.1, 0.15) is 5.82 Å². The molecule has 3 N–H and O–H groups in total. The molecule has 3 rings (SSSR count). The summed E-state index contributed by atoms with van der Waals surface area (Å²) in [5.41, 5.74) is 7.03. The Balaban J connectivity index is 1.71. The molecule has 0 atom stereocenters. The molecule has 2 aromatic rings. The number of hydrogen-bond donors (Lipinski definition) is 2. The van der Waals surface area contributed by atoms with Crippen molar-refractivity contribution in [2.45, 2.75) is 25.8 Å². The molecule has 1 aromatic heterocycles. The van der Waals surface area contributed by atoms with Crippen LogP contribution in [-0.2, 0) is 6.54 Å². The van der Waals surface area contributed by atoms with Crippen molar-refractivity contribution in [3.05, 3.63) is 48.0 Å². The second kappa shape index (κ2) is 6.60. The summed E-state index contributed by atoms with van der Waals surface area (Å²) in [5, 5.41) is 7.26. The van der Waals surface area contributed by atoms with E-state index in [4.69, 9.17) is 5.73 Å². The largest absolute Gasteiger partial charge is 0.370 e. The van der Waals surface area contributed by atoms with Crippen molar-refractivity contribution in [1.82, 2.24) is 15.1 Å². The number of aromatic nitrogens is 2. The molecule has 1 aliphatic rings. The van der Waals surface area contributed by atoms with Gasteiger partial charge >= 0.3 is 0 Å². The Bertz CT molecular complexity index is 647. The predicted molar refractivity (Wildman–Crippen MR) is 84.2 cm³/mol. The summed E-state index contributed by atoms with van der Waals surface area (Å²) in [6, 6.07) is 6.71. The van der Waals surface area contributed by atoms with Gasteiger partial charge in [0.2, 0.25) is 0 Å². The van der Waals surface area contributed by atoms with Gasteiger partial charge in [-0.3, -0.25) is 0 Å². The Kier molecular flexibility index (Phi) is 4.37. The number of nitrogens with one attached hydrogen (secondary N) is 1. The van der Waals surface area contributed by atoms with Crippen molar-refractivity contribution >= 4 is 5.96 Å². The van der Waals surface area contributed by atoms with Gasteiger partial charge in [0.15, 0.2) is 5.96 Å². The van der Waals surface area contributed by atoms with E-state index in [0.717, 1.165) is 6.54 Å². The molecule has 0 aliphatic heterocycles. The van der Waals surface area contributed by atoms with Crippen LogP contribution >= 0.6 is 0 Å². The van der Waals surface area contributed by atoms with E-state index in [1.54, 1.807) is 29.2 Å². The molecule has 6 heteroatoms. The second-order valence-electron chi connectivity index (χ2n) is 5.57. The van der Waals surface area contributed by atoms with Gasteiger partial charge in [0.05, 0.1) is 12.2 Å². The number of nitrogens with two attached hydrogens (primary N) is 1. The predicted octanol–water partition coefficient (Wildman–Crippen LogP) is 2.22. The van der Waals surface area contributed by atoms with Crippen molar-refractivity contribution in [2.75, 3.05) is 6.54 Å². The molecule has 116 valence electrons. The monoisotopic (exact) mass is 301 g/mol. The molecule has 22 heavy (non-hydrogen) atoms. The minimum absolute atomic E-state index is 0.186. The number of aliphatic imine (C=N–C) groups is 1. The molecule has 0 spiro atoms. The zero-order valence-electron chi connectivity index (χ0n) is 12.4. The quantitative estimate of drug-likeness (QED) is 0.657. The van der Waals surface area contributed by atoms with Gasteiger partial charge < -0.3 is 11.1 Å². The number of nitrogens with zero attached hydrogens (tertiary/aromatic N) is 3. The van der Waals surface area contributed by atoms with Gasteiger partial charge in [-0.15, -0.1) is 0 Å². The molecular formula is C16H20FN5. The van der Waals surface area contributed by atoms with Crippen LogP contribution in [0.3, 0.4) is 0 Å². The van der Waals surface area contributed by atoms with Gasteiger partial charge in [0.25, 0.3) is 0 Å². The Morgan fingerprint density at radius 2 is 2.27 bits per heavy atom. The van der Waals surface area contributed by atoms with E-state index in [2.05, 4.69) is 15.4 Å². The van der Waals surface area contributed by atoms with E-state index < -0.39 is 0 Å². The maximum Gasteiger partial charge on any atom is 0.188 e. The molecule has 0 radical (unpaired) electrons. The number of hydrogen-bond acceptors (Lipinski definition) is 2. The molecule has 1 aliphatic carbocycles. The first-order chi connectivity index (χ1) is 10.7. The second-order valence-corrected chi connectivity index (χ2v) is 5.57. The van der Waals surface area contributed by atoms with Crippen molar-refractivity contribution in [2.24, 2.45) is 16.6 Å². The Labute approximate surface area is 129 Å². The van der Waals surface area contributed by atoms with Crippen LogP contribution in [0, 0.1) is 11.7 Å². The van der Waals surface area contributed by atoms with Crippen molar-refractivity contribution in [3.63, 3.8) is 0 Å². The van der Waals surface area contributed by atoms with E-state index in [-0.39, 0.29) is 12.4 Å². The fraction of sp³-hybridized carbons (Fsp3) is 0.375. The van der Waals surface area contributed by atoms with Crippen LogP contribution in [0.5, 0.6) is 0 Å². The highest BCUT2D eigenvalue weighted by molar-refractivity contribution is 5.77. The summed E-state index contributed by atoms with van der Waals surface area (Å²) in [7, 11) is 0. The molecule has 0 amide bonds. The lowest BCUT2D eigenvalue weighted by atomic mass is 9.85. The highest BCUT2D eigenvalue weighted by Crippen LogP contribution is 2.25. The fourth-order valence-corrected chi connectivity index (χ4v) is 2.50. The normalized spacial score (nSPS) is 15.6. The third-order valence-corrected chi connectivity index (χ3v) is 4.05. The van der Waals surface area contributed by atoms with Gasteiger partial charge in [-0.25, -0.2) is 14.1 Å². The first-order valence-electron chi connectivity index (χ1n) is 7.55. The van der Waals surface area contributed by atoms with Gasteiger partial charge in [0, 0.05) is 24.5 Å². The Morgan fingerprint density at radius 1 is 1.41 bits per heavy atom. The van der Waals surface area contributed by atoms with Crippen LogP contribution in [0.1, 0.15) is 24.8 Å². The van der Waals surface area contributed by atoms with Crippen molar-refractivity contribution in [3.8, 4) is 5.69 Å². The minimum atomic E-state index is -0.302. The summed E-state index contributed by atoms with van der Waals surface area (Å²) in [5.74, 6) is 0.756. The number of halogens is 1. The lowest BCUT2D eigenvalue weighted by Crippen LogP contribution is -2.37. The summed E-state index contributed by atoms with van der Waals surface area (Å²) in [6.07, 6.45) is 7.23. The number of benzene rings is 1. The molecule has 0 bridgehead atoms. The number of guanidine groups is 1. The molecule has 1 aromatic carbocycles. The summed E-state index contributed by atoms with van der Waals surface area (Å²) in [4.78, 5) is 4.26. The van der Waals surface area contributed by atoms with Gasteiger partial charge in [-0.05, 0) is 37.0 Å². The molecule has 5 nitrogen and oxygen atoms in total. The first kappa shape index (κ1) is 14.6. The zero-order chi connectivity index (χ0) is 15.4. The van der Waals surface area contributed by atoms with Crippen LogP contribution < -0.4 is 11.1 Å². The lowest BCUT2D eigenvalue weighted by Gasteiger charge is -2.25. The maximum atomic E-state index is 14.1. The molecule has 0 unspecified atom stereocenters. The molecule has 1 fully saturated rings. The third-order valence-electron chi connectivity index (χ3n) is 4.05. The average Bonchev–Trinajstić information content (AvgIpc) is 2.98. The smallest absolute Gasteiger partial charge is 0.188 e. The van der Waals surface area contributed by atoms with Crippen molar-refractivity contribution in [1.29, 1.82) is 0 Å². The van der Waals surface area contributed by atoms with E-state index in [1.807, 2.05) is 6.07 Å². The summed E-state index contributed by atoms with van der Waals surface area (Å²) < 4.78 is 15.7. The average molecular weight is 301 g/mol. The Morgan fingerprint density at radius 3 is 2.95 bits per heavy atom. The SMILES string of the molecule is NC(=NCc1c(F)cccc1-n1cccn1)NCC1CCC1. The van der Waals surface area contributed by atoms with E-state index >= 15 is 0 Å². The molecular weight excluding hydrogens is 281 g/mol. The van der Waals surface area contributed by atoms with Crippen LogP contribution in [0.25, 0.3) is 5.69 Å². The highest BCUT2D eigenvalue weighted by atomic mass is 19.1. The van der Waals surface area contributed by atoms with Gasteiger partial charge in [-0.1, -0.05) is 12.5 Å². The topological polar surface area (TPSA) is 68.2 Å².